The van der Waals surface area contributed by atoms with Crippen molar-refractivity contribution in [1.82, 2.24) is 0 Å². The monoisotopic (exact) mass is 425 g/mol. The van der Waals surface area contributed by atoms with Crippen LogP contribution in [0, 0.1) is 13.8 Å². The molecule has 0 aliphatic rings. The largest absolute Gasteiger partial charge is 0.497 e. The first-order valence-corrected chi connectivity index (χ1v) is 10.7. The Balaban J connectivity index is 1.91. The van der Waals surface area contributed by atoms with E-state index in [1.807, 2.05) is 13.8 Å². The smallest absolute Gasteiger partial charge is 0.278 e. The predicted molar refractivity (Wildman–Crippen MR) is 116 cm³/mol. The van der Waals surface area contributed by atoms with Gasteiger partial charge in [-0.15, -0.1) is 0 Å². The summed E-state index contributed by atoms with van der Waals surface area (Å²) in [5.41, 5.74) is 2.13. The molecule has 3 rings (SSSR count). The van der Waals surface area contributed by atoms with E-state index in [9.17, 15) is 13.2 Å². The van der Waals surface area contributed by atoms with E-state index >= 15 is 0 Å². The molecule has 3 aromatic carbocycles. The first-order chi connectivity index (χ1) is 14.3. The molecule has 0 saturated carbocycles. The van der Waals surface area contributed by atoms with Gasteiger partial charge in [-0.2, -0.15) is 4.31 Å². The SMILES string of the molecule is COc1ccc(OCC(=O)N(c2ccc(C)cc2)S(=O)(=O)c2ccc(C)cc2)cc1. The lowest BCUT2D eigenvalue weighted by Crippen LogP contribution is -2.40. The number of aryl methyl sites for hydroxylation is 2. The van der Waals surface area contributed by atoms with Gasteiger partial charge in [0.2, 0.25) is 0 Å². The molecule has 0 unspecified atom stereocenters. The fraction of sp³-hybridized carbons (Fsp3) is 0.174. The second kappa shape index (κ2) is 9.00. The van der Waals surface area contributed by atoms with Crippen LogP contribution in [0.25, 0.3) is 0 Å². The molecule has 156 valence electrons. The van der Waals surface area contributed by atoms with Gasteiger partial charge in [0.25, 0.3) is 15.9 Å². The third kappa shape index (κ3) is 4.80. The molecule has 6 nitrogen and oxygen atoms in total. The maximum atomic E-state index is 13.3. The van der Waals surface area contributed by atoms with Crippen molar-refractivity contribution < 1.29 is 22.7 Å². The Morgan fingerprint density at radius 3 is 1.83 bits per heavy atom. The zero-order valence-electron chi connectivity index (χ0n) is 17.0. The molecule has 0 saturated heterocycles. The number of carbonyl (C=O) groups excluding carboxylic acids is 1. The number of rotatable bonds is 7. The summed E-state index contributed by atoms with van der Waals surface area (Å²) < 4.78 is 38.0. The predicted octanol–water partition coefficient (Wildman–Crippen LogP) is 4.11. The summed E-state index contributed by atoms with van der Waals surface area (Å²) in [4.78, 5) is 13.0. The van der Waals surface area contributed by atoms with Gasteiger partial charge in [-0.1, -0.05) is 35.4 Å². The summed E-state index contributed by atoms with van der Waals surface area (Å²) >= 11 is 0. The molecule has 0 aliphatic carbocycles. The van der Waals surface area contributed by atoms with Crippen LogP contribution in [-0.4, -0.2) is 28.0 Å². The summed E-state index contributed by atoms with van der Waals surface area (Å²) in [5, 5.41) is 0. The summed E-state index contributed by atoms with van der Waals surface area (Å²) in [6, 6.07) is 19.8. The van der Waals surface area contributed by atoms with Crippen LogP contribution in [0.2, 0.25) is 0 Å². The van der Waals surface area contributed by atoms with Crippen LogP contribution in [0.4, 0.5) is 5.69 Å². The van der Waals surface area contributed by atoms with Crippen LogP contribution in [-0.2, 0) is 14.8 Å². The zero-order valence-corrected chi connectivity index (χ0v) is 17.8. The quantitative estimate of drug-likeness (QED) is 0.570. The molecule has 0 bridgehead atoms. The second-order valence-corrected chi connectivity index (χ2v) is 8.56. The first kappa shape index (κ1) is 21.4. The lowest BCUT2D eigenvalue weighted by atomic mass is 10.2. The Morgan fingerprint density at radius 1 is 0.800 bits per heavy atom. The van der Waals surface area contributed by atoms with Gasteiger partial charge in [0.1, 0.15) is 11.5 Å². The van der Waals surface area contributed by atoms with Crippen molar-refractivity contribution in [2.24, 2.45) is 0 Å². The molecule has 0 N–H and O–H groups in total. The molecule has 0 aromatic heterocycles. The van der Waals surface area contributed by atoms with E-state index in [2.05, 4.69) is 0 Å². The maximum absolute atomic E-state index is 13.3. The second-order valence-electron chi connectivity index (χ2n) is 6.78. The van der Waals surface area contributed by atoms with E-state index in [-0.39, 0.29) is 10.6 Å². The highest BCUT2D eigenvalue weighted by molar-refractivity contribution is 7.93. The number of amides is 1. The molecule has 0 fully saturated rings. The highest BCUT2D eigenvalue weighted by atomic mass is 32.2. The van der Waals surface area contributed by atoms with E-state index in [0.717, 1.165) is 15.4 Å². The van der Waals surface area contributed by atoms with Crippen molar-refractivity contribution in [2.75, 3.05) is 18.0 Å². The van der Waals surface area contributed by atoms with Gasteiger partial charge >= 0.3 is 0 Å². The topological polar surface area (TPSA) is 72.9 Å². The summed E-state index contributed by atoms with van der Waals surface area (Å²) in [7, 11) is -2.56. The molecular formula is C23H23NO5S. The fourth-order valence-corrected chi connectivity index (χ4v) is 4.20. The highest BCUT2D eigenvalue weighted by Gasteiger charge is 2.31. The summed E-state index contributed by atoms with van der Waals surface area (Å²) in [6.07, 6.45) is 0. The Hall–Kier alpha value is -3.32. The number of hydrogen-bond acceptors (Lipinski definition) is 5. The standard InChI is InChI=1S/C23H23NO5S/c1-17-4-8-19(9-5-17)24(30(26,27)22-14-6-18(2)7-15-22)23(25)16-29-21-12-10-20(28-3)11-13-21/h4-15H,16H2,1-3H3. The van der Waals surface area contributed by atoms with Gasteiger partial charge in [-0.3, -0.25) is 4.79 Å². The van der Waals surface area contributed by atoms with Crippen LogP contribution in [0.15, 0.2) is 77.7 Å². The molecule has 30 heavy (non-hydrogen) atoms. The average molecular weight is 426 g/mol. The van der Waals surface area contributed by atoms with Gasteiger partial charge in [0.15, 0.2) is 6.61 Å². The molecular weight excluding hydrogens is 402 g/mol. The number of ether oxygens (including phenoxy) is 2. The van der Waals surface area contributed by atoms with Crippen molar-refractivity contribution in [3.05, 3.63) is 83.9 Å². The fourth-order valence-electron chi connectivity index (χ4n) is 2.79. The van der Waals surface area contributed by atoms with Gasteiger partial charge in [0.05, 0.1) is 17.7 Å². The normalized spacial score (nSPS) is 11.0. The van der Waals surface area contributed by atoms with E-state index in [4.69, 9.17) is 9.47 Å². The Bertz CT molecular complexity index is 1110. The van der Waals surface area contributed by atoms with E-state index in [0.29, 0.717) is 11.5 Å². The van der Waals surface area contributed by atoms with Gasteiger partial charge < -0.3 is 9.47 Å². The Kier molecular flexibility index (Phi) is 6.42. The third-order valence-electron chi connectivity index (χ3n) is 4.48. The van der Waals surface area contributed by atoms with Crippen LogP contribution >= 0.6 is 0 Å². The van der Waals surface area contributed by atoms with Crippen LogP contribution in [0.1, 0.15) is 11.1 Å². The minimum atomic E-state index is -4.11. The molecule has 3 aromatic rings. The van der Waals surface area contributed by atoms with Crippen LogP contribution in [0.3, 0.4) is 0 Å². The number of hydrogen-bond donors (Lipinski definition) is 0. The van der Waals surface area contributed by atoms with Crippen LogP contribution in [0.5, 0.6) is 11.5 Å². The molecule has 0 heterocycles. The molecule has 0 aliphatic heterocycles. The summed E-state index contributed by atoms with van der Waals surface area (Å²) in [5.74, 6) is 0.382. The number of nitrogens with zero attached hydrogens (tertiary/aromatic N) is 1. The Labute approximate surface area is 176 Å². The van der Waals surface area contributed by atoms with Gasteiger partial charge in [0, 0.05) is 0 Å². The number of carbonyl (C=O) groups is 1. The van der Waals surface area contributed by atoms with Gasteiger partial charge in [-0.05, 0) is 62.4 Å². The van der Waals surface area contributed by atoms with Crippen LogP contribution < -0.4 is 13.8 Å². The van der Waals surface area contributed by atoms with E-state index in [1.165, 1.54) is 12.1 Å². The van der Waals surface area contributed by atoms with E-state index in [1.54, 1.807) is 67.8 Å². The highest BCUT2D eigenvalue weighted by Crippen LogP contribution is 2.25. The lowest BCUT2D eigenvalue weighted by Gasteiger charge is -2.23. The number of anilines is 1. The lowest BCUT2D eigenvalue weighted by molar-refractivity contribution is -0.119. The average Bonchev–Trinajstić information content (AvgIpc) is 2.74. The van der Waals surface area contributed by atoms with Crippen molar-refractivity contribution in [1.29, 1.82) is 0 Å². The van der Waals surface area contributed by atoms with Crippen molar-refractivity contribution in [3.63, 3.8) is 0 Å². The number of methoxy groups -OCH3 is 1. The van der Waals surface area contributed by atoms with E-state index < -0.39 is 22.5 Å². The molecule has 0 atom stereocenters. The number of sulfonamides is 1. The maximum Gasteiger partial charge on any atom is 0.278 e. The number of benzene rings is 3. The molecule has 0 radical (unpaired) electrons. The molecule has 0 spiro atoms. The van der Waals surface area contributed by atoms with Crippen molar-refractivity contribution in [3.8, 4) is 11.5 Å². The third-order valence-corrected chi connectivity index (χ3v) is 6.24. The zero-order chi connectivity index (χ0) is 21.7. The molecule has 7 heteroatoms. The van der Waals surface area contributed by atoms with Gasteiger partial charge in [-0.25, -0.2) is 8.42 Å². The Morgan fingerprint density at radius 2 is 1.30 bits per heavy atom. The van der Waals surface area contributed by atoms with Crippen molar-refractivity contribution >= 4 is 21.6 Å². The summed E-state index contributed by atoms with van der Waals surface area (Å²) in [6.45, 7) is 3.31. The molecule has 1 amide bonds. The minimum absolute atomic E-state index is 0.0338. The van der Waals surface area contributed by atoms with Crippen molar-refractivity contribution in [2.45, 2.75) is 18.7 Å². The first-order valence-electron chi connectivity index (χ1n) is 9.29. The minimum Gasteiger partial charge on any atom is -0.497 e.